The molecule has 1 atom stereocenters. The standard InChI is InChI=1S/C17H12BrNO4.K/c18-11-6-7-12-13(8-11)17(23)19(16(12)22)14(9-15(20)21)10-4-2-1-3-5-10;/h1-8,14H,9H2,(H,20,21);/q;+1/p-1. The van der Waals surface area contributed by atoms with Gasteiger partial charge in [0.25, 0.3) is 11.8 Å². The van der Waals surface area contributed by atoms with E-state index >= 15 is 0 Å². The van der Waals surface area contributed by atoms with Gasteiger partial charge >= 0.3 is 51.4 Å². The van der Waals surface area contributed by atoms with Crippen molar-refractivity contribution in [3.8, 4) is 0 Å². The summed E-state index contributed by atoms with van der Waals surface area (Å²) in [6.07, 6.45) is -0.448. The minimum absolute atomic E-state index is 0. The Labute approximate surface area is 189 Å². The Bertz CT molecular complexity index is 809. The molecule has 1 aliphatic rings. The SMILES string of the molecule is O=C([O-])CC(c1ccccc1)N1C(=O)c2ccc(Br)cc2C1=O.[K+]. The molecule has 1 heterocycles. The summed E-state index contributed by atoms with van der Waals surface area (Å²) < 4.78 is 0.676. The zero-order valence-electron chi connectivity index (χ0n) is 12.9. The summed E-state index contributed by atoms with van der Waals surface area (Å²) in [6.45, 7) is 0. The number of aliphatic carboxylic acids is 1. The number of carboxylic acids is 1. The van der Waals surface area contributed by atoms with E-state index in [2.05, 4.69) is 15.9 Å². The Morgan fingerprint density at radius 1 is 1.04 bits per heavy atom. The van der Waals surface area contributed by atoms with Crippen LogP contribution in [0.15, 0.2) is 53.0 Å². The van der Waals surface area contributed by atoms with Crippen molar-refractivity contribution in [1.82, 2.24) is 4.90 Å². The molecular formula is C17H11BrKNO4. The smallest absolute Gasteiger partial charge is 0.550 e. The number of nitrogens with zero attached hydrogens (tertiary/aromatic N) is 1. The van der Waals surface area contributed by atoms with Crippen molar-refractivity contribution in [2.75, 3.05) is 0 Å². The first-order chi connectivity index (χ1) is 11.0. The van der Waals surface area contributed by atoms with Crippen LogP contribution in [0.25, 0.3) is 0 Å². The fourth-order valence-corrected chi connectivity index (χ4v) is 3.07. The van der Waals surface area contributed by atoms with E-state index in [1.54, 1.807) is 48.5 Å². The Balaban J connectivity index is 0.00000208. The fourth-order valence-electron chi connectivity index (χ4n) is 2.71. The molecule has 0 spiro atoms. The molecule has 0 saturated heterocycles. The van der Waals surface area contributed by atoms with Crippen LogP contribution in [-0.4, -0.2) is 22.7 Å². The van der Waals surface area contributed by atoms with Crippen LogP contribution in [0.2, 0.25) is 0 Å². The number of hydrogen-bond donors (Lipinski definition) is 0. The molecule has 2 aromatic carbocycles. The van der Waals surface area contributed by atoms with Gasteiger partial charge in [-0.05, 0) is 23.8 Å². The molecule has 0 saturated carbocycles. The normalized spacial score (nSPS) is 14.1. The van der Waals surface area contributed by atoms with Crippen LogP contribution in [0.1, 0.15) is 38.7 Å². The van der Waals surface area contributed by atoms with Crippen LogP contribution >= 0.6 is 15.9 Å². The van der Waals surface area contributed by atoms with Gasteiger partial charge in [0.2, 0.25) is 0 Å². The topological polar surface area (TPSA) is 77.5 Å². The zero-order valence-corrected chi connectivity index (χ0v) is 17.6. The summed E-state index contributed by atoms with van der Waals surface area (Å²) in [5.74, 6) is -2.31. The molecule has 5 nitrogen and oxygen atoms in total. The van der Waals surface area contributed by atoms with Crippen molar-refractivity contribution >= 4 is 33.7 Å². The van der Waals surface area contributed by atoms with Crippen molar-refractivity contribution < 1.29 is 70.9 Å². The van der Waals surface area contributed by atoms with Gasteiger partial charge < -0.3 is 9.90 Å². The third-order valence-corrected chi connectivity index (χ3v) is 4.23. The Hall–Kier alpha value is -0.834. The monoisotopic (exact) mass is 411 g/mol. The Kier molecular flexibility index (Phi) is 6.52. The first-order valence-electron chi connectivity index (χ1n) is 6.91. The van der Waals surface area contributed by atoms with Gasteiger partial charge in [-0.25, -0.2) is 0 Å². The summed E-state index contributed by atoms with van der Waals surface area (Å²) in [6, 6.07) is 12.5. The largest absolute Gasteiger partial charge is 1.00 e. The summed E-state index contributed by atoms with van der Waals surface area (Å²) in [7, 11) is 0. The third-order valence-electron chi connectivity index (χ3n) is 3.74. The number of carbonyl (C=O) groups excluding carboxylic acids is 3. The maximum Gasteiger partial charge on any atom is 1.00 e. The van der Waals surface area contributed by atoms with E-state index in [0.717, 1.165) is 4.90 Å². The molecular weight excluding hydrogens is 401 g/mol. The summed E-state index contributed by atoms with van der Waals surface area (Å²) >= 11 is 3.27. The van der Waals surface area contributed by atoms with Crippen LogP contribution in [0.4, 0.5) is 0 Å². The first kappa shape index (κ1) is 19.5. The van der Waals surface area contributed by atoms with Gasteiger partial charge in [-0.15, -0.1) is 0 Å². The van der Waals surface area contributed by atoms with Crippen LogP contribution in [0, 0.1) is 0 Å². The van der Waals surface area contributed by atoms with Gasteiger partial charge in [-0.2, -0.15) is 0 Å². The van der Waals surface area contributed by atoms with Gasteiger partial charge in [0.05, 0.1) is 17.2 Å². The summed E-state index contributed by atoms with van der Waals surface area (Å²) in [5.41, 5.74) is 1.12. The third kappa shape index (κ3) is 3.71. The minimum Gasteiger partial charge on any atom is -0.550 e. The predicted molar refractivity (Wildman–Crippen MR) is 83.4 cm³/mol. The van der Waals surface area contributed by atoms with E-state index in [1.165, 1.54) is 0 Å². The summed E-state index contributed by atoms with van der Waals surface area (Å²) in [5, 5.41) is 11.1. The number of fused-ring (bicyclic) bond motifs is 1. The van der Waals surface area contributed by atoms with E-state index in [4.69, 9.17) is 0 Å². The molecule has 0 aromatic heterocycles. The molecule has 1 aliphatic heterocycles. The Morgan fingerprint density at radius 3 is 2.29 bits per heavy atom. The van der Waals surface area contributed by atoms with Gasteiger partial charge in [0.1, 0.15) is 0 Å². The molecule has 0 fully saturated rings. The van der Waals surface area contributed by atoms with E-state index in [0.29, 0.717) is 10.0 Å². The van der Waals surface area contributed by atoms with Crippen molar-refractivity contribution in [2.24, 2.45) is 0 Å². The molecule has 7 heteroatoms. The average molecular weight is 412 g/mol. The first-order valence-corrected chi connectivity index (χ1v) is 7.70. The second-order valence-corrected chi connectivity index (χ2v) is 6.09. The predicted octanol–water partition coefficient (Wildman–Crippen LogP) is -1.07. The van der Waals surface area contributed by atoms with E-state index in [9.17, 15) is 19.5 Å². The van der Waals surface area contributed by atoms with Crippen LogP contribution < -0.4 is 56.5 Å². The second kappa shape index (κ2) is 8.03. The maximum atomic E-state index is 12.6. The number of hydrogen-bond acceptors (Lipinski definition) is 4. The number of carbonyl (C=O) groups is 3. The number of rotatable bonds is 4. The number of halogens is 1. The molecule has 1 unspecified atom stereocenters. The van der Waals surface area contributed by atoms with Crippen molar-refractivity contribution in [2.45, 2.75) is 12.5 Å². The molecule has 2 aromatic rings. The Morgan fingerprint density at radius 2 is 1.67 bits per heavy atom. The van der Waals surface area contributed by atoms with Gasteiger partial charge in [0.15, 0.2) is 0 Å². The van der Waals surface area contributed by atoms with Crippen molar-refractivity contribution in [3.05, 3.63) is 69.7 Å². The zero-order chi connectivity index (χ0) is 16.6. The number of amides is 2. The second-order valence-electron chi connectivity index (χ2n) is 5.17. The molecule has 0 bridgehead atoms. The average Bonchev–Trinajstić information content (AvgIpc) is 2.77. The molecule has 0 N–H and O–H groups in total. The van der Waals surface area contributed by atoms with Crippen molar-refractivity contribution in [3.63, 3.8) is 0 Å². The molecule has 3 rings (SSSR count). The number of benzene rings is 2. The fraction of sp³-hybridized carbons (Fsp3) is 0.118. The maximum absolute atomic E-state index is 12.6. The molecule has 24 heavy (non-hydrogen) atoms. The number of imide groups is 1. The van der Waals surface area contributed by atoms with Crippen molar-refractivity contribution in [1.29, 1.82) is 0 Å². The van der Waals surface area contributed by atoms with Crippen LogP contribution in [0.5, 0.6) is 0 Å². The molecule has 0 radical (unpaired) electrons. The minimum atomic E-state index is -1.32. The number of carboxylic acid groups (broad SMARTS) is 1. The molecule has 116 valence electrons. The molecule has 0 aliphatic carbocycles. The van der Waals surface area contributed by atoms with Crippen LogP contribution in [0.3, 0.4) is 0 Å². The van der Waals surface area contributed by atoms with E-state index in [1.807, 2.05) is 0 Å². The molecule has 2 amide bonds. The van der Waals surface area contributed by atoms with E-state index in [-0.39, 0.29) is 62.5 Å². The van der Waals surface area contributed by atoms with Gasteiger partial charge in [-0.1, -0.05) is 46.3 Å². The van der Waals surface area contributed by atoms with E-state index < -0.39 is 30.2 Å². The quantitative estimate of drug-likeness (QED) is 0.474. The van der Waals surface area contributed by atoms with Crippen LogP contribution in [-0.2, 0) is 4.79 Å². The van der Waals surface area contributed by atoms with Gasteiger partial charge in [-0.3, -0.25) is 14.5 Å². The summed E-state index contributed by atoms with van der Waals surface area (Å²) in [4.78, 5) is 37.3. The van der Waals surface area contributed by atoms with Gasteiger partial charge in [0, 0.05) is 16.9 Å².